The molecule has 0 saturated carbocycles. The van der Waals surface area contributed by atoms with Gasteiger partial charge in [-0.25, -0.2) is 0 Å². The Morgan fingerprint density at radius 2 is 1.73 bits per heavy atom. The number of halogens is 1. The number of benzene rings is 3. The summed E-state index contributed by atoms with van der Waals surface area (Å²) < 4.78 is 0. The summed E-state index contributed by atoms with van der Waals surface area (Å²) in [6.07, 6.45) is 4.33. The molecule has 2 atom stereocenters. The summed E-state index contributed by atoms with van der Waals surface area (Å²) in [5, 5.41) is 6.48. The number of nitrogen functional groups attached to an aromatic ring is 1. The van der Waals surface area contributed by atoms with Crippen molar-refractivity contribution in [2.45, 2.75) is 32.2 Å². The SMILES string of the molecule is CCN(CC)C1CCN(CC(C(=O)Nc2ccc(Cl)cc2)c2ccc(C=CC(=O)Nc3ccccc3N)cc2)C1. The Labute approximate surface area is 242 Å². The summed E-state index contributed by atoms with van der Waals surface area (Å²) in [4.78, 5) is 30.8. The first-order valence-electron chi connectivity index (χ1n) is 13.8. The van der Waals surface area contributed by atoms with Crippen LogP contribution in [0.15, 0.2) is 78.9 Å². The second-order valence-corrected chi connectivity index (χ2v) is 10.5. The average molecular weight is 560 g/mol. The van der Waals surface area contributed by atoms with Gasteiger partial charge in [0.25, 0.3) is 0 Å². The molecule has 210 valence electrons. The van der Waals surface area contributed by atoms with Gasteiger partial charge in [-0.15, -0.1) is 0 Å². The van der Waals surface area contributed by atoms with E-state index in [0.29, 0.717) is 34.7 Å². The van der Waals surface area contributed by atoms with Crippen molar-refractivity contribution in [3.8, 4) is 0 Å². The van der Waals surface area contributed by atoms with Gasteiger partial charge in [-0.1, -0.05) is 61.8 Å². The van der Waals surface area contributed by atoms with Crippen LogP contribution >= 0.6 is 11.6 Å². The molecule has 2 unspecified atom stereocenters. The second kappa shape index (κ2) is 14.1. The molecular formula is C32H38ClN5O2. The van der Waals surface area contributed by atoms with Crippen LogP contribution in [0.3, 0.4) is 0 Å². The highest BCUT2D eigenvalue weighted by Crippen LogP contribution is 2.25. The molecule has 1 aliphatic heterocycles. The Morgan fingerprint density at radius 3 is 2.40 bits per heavy atom. The number of carbonyl (C=O) groups excluding carboxylic acids is 2. The predicted molar refractivity (Wildman–Crippen MR) is 166 cm³/mol. The molecule has 0 spiro atoms. The molecule has 0 bridgehead atoms. The van der Waals surface area contributed by atoms with Crippen LogP contribution in [0.4, 0.5) is 17.1 Å². The molecule has 1 saturated heterocycles. The second-order valence-electron chi connectivity index (χ2n) is 10.0. The van der Waals surface area contributed by atoms with E-state index in [2.05, 4.69) is 34.3 Å². The Bertz CT molecular complexity index is 1310. The zero-order valence-electron chi connectivity index (χ0n) is 23.1. The number of rotatable bonds is 11. The highest BCUT2D eigenvalue weighted by Gasteiger charge is 2.30. The topological polar surface area (TPSA) is 90.7 Å². The standard InChI is InChI=1S/C32H38ClN5O2/c1-3-38(4-2)27-19-20-37(21-27)22-28(32(40)35-26-16-14-25(33)15-17-26)24-12-9-23(10-13-24)11-18-31(39)36-30-8-6-5-7-29(30)34/h5-18,27-28H,3-4,19-22,34H2,1-2H3,(H,35,40)(H,36,39). The number of nitrogens with two attached hydrogens (primary N) is 1. The Hall–Kier alpha value is -3.65. The first-order valence-corrected chi connectivity index (χ1v) is 14.2. The lowest BCUT2D eigenvalue weighted by Gasteiger charge is -2.27. The van der Waals surface area contributed by atoms with Gasteiger partial charge in [0, 0.05) is 35.9 Å². The van der Waals surface area contributed by atoms with Crippen molar-refractivity contribution < 1.29 is 9.59 Å². The number of para-hydroxylation sites is 2. The van der Waals surface area contributed by atoms with Gasteiger partial charge in [-0.3, -0.25) is 14.5 Å². The third kappa shape index (κ3) is 7.94. The molecule has 2 amide bonds. The summed E-state index contributed by atoms with van der Waals surface area (Å²) in [5.74, 6) is -0.677. The number of likely N-dealkylation sites (tertiary alicyclic amines) is 1. The number of nitrogens with one attached hydrogen (secondary N) is 2. The molecule has 0 aliphatic carbocycles. The van der Waals surface area contributed by atoms with Crippen LogP contribution in [0.5, 0.6) is 0 Å². The van der Waals surface area contributed by atoms with Crippen LogP contribution in [0.25, 0.3) is 6.08 Å². The molecule has 0 radical (unpaired) electrons. The number of amides is 2. The van der Waals surface area contributed by atoms with Crippen molar-refractivity contribution in [1.82, 2.24) is 9.80 Å². The van der Waals surface area contributed by atoms with Gasteiger partial charge in [-0.05, 0) is 79.7 Å². The number of anilines is 3. The van der Waals surface area contributed by atoms with E-state index in [9.17, 15) is 9.59 Å². The first-order chi connectivity index (χ1) is 19.4. The summed E-state index contributed by atoms with van der Waals surface area (Å²) in [6, 6.07) is 22.6. The maximum Gasteiger partial charge on any atom is 0.248 e. The summed E-state index contributed by atoms with van der Waals surface area (Å²) in [7, 11) is 0. The van der Waals surface area contributed by atoms with E-state index in [0.717, 1.165) is 43.7 Å². The third-order valence-corrected chi connectivity index (χ3v) is 7.68. The zero-order valence-corrected chi connectivity index (χ0v) is 23.9. The van der Waals surface area contributed by atoms with Crippen molar-refractivity contribution >= 4 is 46.6 Å². The molecule has 40 heavy (non-hydrogen) atoms. The van der Waals surface area contributed by atoms with E-state index >= 15 is 0 Å². The molecule has 4 N–H and O–H groups in total. The van der Waals surface area contributed by atoms with Crippen LogP contribution in [0.1, 0.15) is 37.3 Å². The zero-order chi connectivity index (χ0) is 28.5. The fraction of sp³-hybridized carbons (Fsp3) is 0.312. The van der Waals surface area contributed by atoms with E-state index in [4.69, 9.17) is 17.3 Å². The maximum absolute atomic E-state index is 13.6. The molecule has 3 aromatic carbocycles. The van der Waals surface area contributed by atoms with Crippen molar-refractivity contribution in [3.05, 3.63) is 95.0 Å². The average Bonchev–Trinajstić information content (AvgIpc) is 3.42. The number of hydrogen-bond acceptors (Lipinski definition) is 5. The molecule has 8 heteroatoms. The van der Waals surface area contributed by atoms with Crippen LogP contribution < -0.4 is 16.4 Å². The number of hydrogen-bond donors (Lipinski definition) is 3. The minimum Gasteiger partial charge on any atom is -0.397 e. The van der Waals surface area contributed by atoms with E-state index in [-0.39, 0.29) is 17.7 Å². The molecule has 1 fully saturated rings. The largest absolute Gasteiger partial charge is 0.397 e. The first kappa shape index (κ1) is 29.3. The fourth-order valence-corrected chi connectivity index (χ4v) is 5.30. The lowest BCUT2D eigenvalue weighted by molar-refractivity contribution is -0.118. The van der Waals surface area contributed by atoms with Crippen molar-refractivity contribution in [2.24, 2.45) is 0 Å². The summed E-state index contributed by atoms with van der Waals surface area (Å²) >= 11 is 6.03. The van der Waals surface area contributed by atoms with Gasteiger partial charge in [0.05, 0.1) is 17.3 Å². The lowest BCUT2D eigenvalue weighted by Crippen LogP contribution is -2.39. The highest BCUT2D eigenvalue weighted by atomic mass is 35.5. The van der Waals surface area contributed by atoms with Crippen molar-refractivity contribution in [2.75, 3.05) is 49.1 Å². The monoisotopic (exact) mass is 559 g/mol. The minimum absolute atomic E-state index is 0.0586. The fourth-order valence-electron chi connectivity index (χ4n) is 5.17. The normalized spacial score (nSPS) is 16.4. The Balaban J connectivity index is 1.47. The summed E-state index contributed by atoms with van der Waals surface area (Å²) in [5.41, 5.74) is 9.50. The molecule has 7 nitrogen and oxygen atoms in total. The van der Waals surface area contributed by atoms with E-state index in [1.54, 1.807) is 30.3 Å². The van der Waals surface area contributed by atoms with Gasteiger partial charge in [-0.2, -0.15) is 0 Å². The van der Waals surface area contributed by atoms with Crippen LogP contribution in [-0.2, 0) is 9.59 Å². The van der Waals surface area contributed by atoms with Crippen molar-refractivity contribution in [3.63, 3.8) is 0 Å². The molecule has 1 aliphatic rings. The van der Waals surface area contributed by atoms with E-state index in [1.165, 1.54) is 6.08 Å². The van der Waals surface area contributed by atoms with Crippen molar-refractivity contribution in [1.29, 1.82) is 0 Å². The minimum atomic E-state index is -0.353. The van der Waals surface area contributed by atoms with Crippen LogP contribution in [-0.4, -0.2) is 60.4 Å². The van der Waals surface area contributed by atoms with Crippen LogP contribution in [0, 0.1) is 0 Å². The molecule has 4 rings (SSSR count). The van der Waals surface area contributed by atoms with E-state index < -0.39 is 0 Å². The van der Waals surface area contributed by atoms with Gasteiger partial charge in [0.2, 0.25) is 11.8 Å². The maximum atomic E-state index is 13.6. The predicted octanol–water partition coefficient (Wildman–Crippen LogP) is 5.71. The van der Waals surface area contributed by atoms with Gasteiger partial charge in [0.15, 0.2) is 0 Å². The quantitative estimate of drug-likeness (QED) is 0.207. The Morgan fingerprint density at radius 1 is 1.02 bits per heavy atom. The number of likely N-dealkylation sites (N-methyl/N-ethyl adjacent to an activating group) is 1. The van der Waals surface area contributed by atoms with Crippen LogP contribution in [0.2, 0.25) is 5.02 Å². The number of carbonyl (C=O) groups is 2. The molecular weight excluding hydrogens is 522 g/mol. The van der Waals surface area contributed by atoms with Gasteiger partial charge in [0.1, 0.15) is 0 Å². The van der Waals surface area contributed by atoms with E-state index in [1.807, 2.05) is 48.5 Å². The lowest BCUT2D eigenvalue weighted by atomic mass is 9.96. The van der Waals surface area contributed by atoms with Gasteiger partial charge >= 0.3 is 0 Å². The smallest absolute Gasteiger partial charge is 0.248 e. The molecule has 0 aromatic heterocycles. The third-order valence-electron chi connectivity index (χ3n) is 7.43. The Kier molecular flexibility index (Phi) is 10.4. The highest BCUT2D eigenvalue weighted by molar-refractivity contribution is 6.30. The summed E-state index contributed by atoms with van der Waals surface area (Å²) in [6.45, 7) is 9.01. The number of nitrogens with zero attached hydrogens (tertiary/aromatic N) is 2. The molecule has 3 aromatic rings. The van der Waals surface area contributed by atoms with Gasteiger partial charge < -0.3 is 21.3 Å². The molecule has 1 heterocycles.